The van der Waals surface area contributed by atoms with E-state index >= 15 is 0 Å². The summed E-state index contributed by atoms with van der Waals surface area (Å²) in [6.45, 7) is 8.00. The van der Waals surface area contributed by atoms with Crippen molar-refractivity contribution in [2.45, 2.75) is 40.5 Å². The number of anilines is 2. The first-order chi connectivity index (χ1) is 13.4. The fourth-order valence-corrected chi connectivity index (χ4v) is 2.38. The van der Waals surface area contributed by atoms with Crippen molar-refractivity contribution in [1.82, 2.24) is 0 Å². The minimum absolute atomic E-state index is 1.00. The second kappa shape index (κ2) is 16.9. The van der Waals surface area contributed by atoms with Crippen molar-refractivity contribution in [2.24, 2.45) is 0 Å². The van der Waals surface area contributed by atoms with Crippen LogP contribution >= 0.6 is 0 Å². The maximum atomic E-state index is 7.00. The van der Waals surface area contributed by atoms with Crippen molar-refractivity contribution >= 4 is 11.4 Å². The Morgan fingerprint density at radius 2 is 0.889 bits per heavy atom. The summed E-state index contributed by atoms with van der Waals surface area (Å²) < 4.78 is 0. The fraction of sp³-hybridized carbons (Fsp3) is 0.280. The van der Waals surface area contributed by atoms with Gasteiger partial charge in [0.25, 0.3) is 0 Å². The number of aliphatic hydroxyl groups excluding tert-OH is 1. The third-order valence-corrected chi connectivity index (χ3v) is 3.56. The summed E-state index contributed by atoms with van der Waals surface area (Å²) in [6, 6.07) is 29.6. The molecule has 0 unspecified atom stereocenters. The van der Waals surface area contributed by atoms with Crippen LogP contribution in [0.2, 0.25) is 0 Å². The molecule has 0 heterocycles. The zero-order chi connectivity index (χ0) is 20.3. The maximum absolute atomic E-state index is 7.00. The second-order valence-electron chi connectivity index (χ2n) is 5.17. The maximum Gasteiger partial charge on any atom is 0.0384 e. The van der Waals surface area contributed by atoms with Crippen molar-refractivity contribution in [2.75, 3.05) is 12.4 Å². The van der Waals surface area contributed by atoms with Gasteiger partial charge < -0.3 is 10.4 Å². The number of para-hydroxylation sites is 1. The molecule has 2 heteroatoms. The van der Waals surface area contributed by atoms with E-state index in [1.807, 2.05) is 45.9 Å². The van der Waals surface area contributed by atoms with Gasteiger partial charge in [-0.2, -0.15) is 0 Å². The molecule has 0 radical (unpaired) electrons. The number of hydrogen-bond acceptors (Lipinski definition) is 2. The number of aliphatic hydroxyl groups is 1. The number of aryl methyl sites for hydroxylation is 2. The average Bonchev–Trinajstić information content (AvgIpc) is 2.79. The van der Waals surface area contributed by atoms with E-state index in [4.69, 9.17) is 5.11 Å². The Hall–Kier alpha value is -2.58. The van der Waals surface area contributed by atoms with Crippen LogP contribution in [0.4, 0.5) is 11.4 Å². The van der Waals surface area contributed by atoms with E-state index in [2.05, 4.69) is 72.0 Å². The Labute approximate surface area is 165 Å². The lowest BCUT2D eigenvalue weighted by molar-refractivity contribution is 0.399. The highest BCUT2D eigenvalue weighted by Crippen LogP contribution is 2.17. The van der Waals surface area contributed by atoms with Crippen LogP contribution in [0.3, 0.4) is 0 Å². The third kappa shape index (κ3) is 10.2. The fourth-order valence-electron chi connectivity index (χ4n) is 2.38. The van der Waals surface area contributed by atoms with Crippen molar-refractivity contribution in [3.63, 3.8) is 0 Å². The minimum Gasteiger partial charge on any atom is -0.400 e. The van der Waals surface area contributed by atoms with Crippen LogP contribution in [0.5, 0.6) is 0 Å². The summed E-state index contributed by atoms with van der Waals surface area (Å²) in [5.74, 6) is 0. The molecule has 0 saturated carbocycles. The first-order valence-corrected chi connectivity index (χ1v) is 9.80. The van der Waals surface area contributed by atoms with Crippen LogP contribution in [0.15, 0.2) is 84.9 Å². The summed E-state index contributed by atoms with van der Waals surface area (Å²) in [6.07, 6.45) is 2.17. The monoisotopic (exact) mass is 365 g/mol. The minimum atomic E-state index is 1.00. The molecule has 146 valence electrons. The highest BCUT2D eigenvalue weighted by molar-refractivity contribution is 5.59. The number of nitrogens with one attached hydrogen (secondary N) is 1. The Morgan fingerprint density at radius 3 is 1.37 bits per heavy atom. The van der Waals surface area contributed by atoms with Crippen LogP contribution in [-0.4, -0.2) is 12.2 Å². The van der Waals surface area contributed by atoms with E-state index in [0.717, 1.165) is 31.3 Å². The molecule has 2 nitrogen and oxygen atoms in total. The third-order valence-electron chi connectivity index (χ3n) is 3.56. The Bertz CT molecular complexity index is 664. The molecule has 0 aromatic heterocycles. The molecular formula is C25H35NO. The van der Waals surface area contributed by atoms with Gasteiger partial charge in [0, 0.05) is 18.5 Å². The molecule has 0 aliphatic rings. The first-order valence-electron chi connectivity index (χ1n) is 9.80. The predicted octanol–water partition coefficient (Wildman–Crippen LogP) is 6.88. The Morgan fingerprint density at radius 1 is 0.519 bits per heavy atom. The summed E-state index contributed by atoms with van der Waals surface area (Å²) >= 11 is 0. The Kier molecular flexibility index (Phi) is 15.3. The zero-order valence-electron chi connectivity index (χ0n) is 17.4. The van der Waals surface area contributed by atoms with Gasteiger partial charge in [-0.05, 0) is 48.2 Å². The van der Waals surface area contributed by atoms with E-state index in [0.29, 0.717) is 0 Å². The molecule has 0 atom stereocenters. The van der Waals surface area contributed by atoms with Gasteiger partial charge in [-0.1, -0.05) is 88.4 Å². The van der Waals surface area contributed by atoms with E-state index in [1.54, 1.807) is 0 Å². The van der Waals surface area contributed by atoms with Crippen LogP contribution in [0.1, 0.15) is 38.8 Å². The van der Waals surface area contributed by atoms with Gasteiger partial charge in [-0.15, -0.1) is 0 Å². The largest absolute Gasteiger partial charge is 0.400 e. The second-order valence-corrected chi connectivity index (χ2v) is 5.17. The summed E-state index contributed by atoms with van der Waals surface area (Å²) in [7, 11) is 1.00. The van der Waals surface area contributed by atoms with Crippen molar-refractivity contribution in [3.05, 3.63) is 96.1 Å². The molecule has 0 fully saturated rings. The molecule has 3 aromatic rings. The lowest BCUT2D eigenvalue weighted by atomic mass is 10.0. The smallest absolute Gasteiger partial charge is 0.0384 e. The standard InChI is InChI=1S/C20H19N.2C2H6.CH4O/c1-3-7-17(8-4-1)11-12-18-13-15-20(16-14-18)21-19-9-5-2-6-10-19;3*1-2/h1-10,13-16,21H,11-12H2;2*1-2H3;2H,1H3. The molecule has 0 aliphatic carbocycles. The Balaban J connectivity index is 0.00000103. The summed E-state index contributed by atoms with van der Waals surface area (Å²) in [5.41, 5.74) is 5.01. The van der Waals surface area contributed by atoms with Crippen LogP contribution < -0.4 is 5.32 Å². The number of benzene rings is 3. The molecule has 2 N–H and O–H groups in total. The molecule has 27 heavy (non-hydrogen) atoms. The number of rotatable bonds is 5. The molecule has 0 spiro atoms. The highest BCUT2D eigenvalue weighted by atomic mass is 16.2. The molecule has 0 bridgehead atoms. The lowest BCUT2D eigenvalue weighted by Crippen LogP contribution is -1.93. The van der Waals surface area contributed by atoms with Gasteiger partial charge >= 0.3 is 0 Å². The zero-order valence-corrected chi connectivity index (χ0v) is 17.4. The van der Waals surface area contributed by atoms with Crippen LogP contribution in [0, 0.1) is 0 Å². The topological polar surface area (TPSA) is 32.3 Å². The van der Waals surface area contributed by atoms with Crippen LogP contribution in [0.25, 0.3) is 0 Å². The summed E-state index contributed by atoms with van der Waals surface area (Å²) in [4.78, 5) is 0. The van der Waals surface area contributed by atoms with Gasteiger partial charge in [0.2, 0.25) is 0 Å². The number of hydrogen-bond donors (Lipinski definition) is 2. The molecule has 0 amide bonds. The van der Waals surface area contributed by atoms with Gasteiger partial charge in [-0.3, -0.25) is 0 Å². The van der Waals surface area contributed by atoms with E-state index < -0.39 is 0 Å². The van der Waals surface area contributed by atoms with Crippen molar-refractivity contribution in [1.29, 1.82) is 0 Å². The van der Waals surface area contributed by atoms with Gasteiger partial charge in [-0.25, -0.2) is 0 Å². The normalized spacial score (nSPS) is 8.67. The first kappa shape index (κ1) is 24.4. The quantitative estimate of drug-likeness (QED) is 0.516. The van der Waals surface area contributed by atoms with Crippen molar-refractivity contribution < 1.29 is 5.11 Å². The van der Waals surface area contributed by atoms with Gasteiger partial charge in [0.15, 0.2) is 0 Å². The SMILES string of the molecule is CC.CC.CO.c1ccc(CCc2ccc(Nc3ccccc3)cc2)cc1. The van der Waals surface area contributed by atoms with E-state index in [1.165, 1.54) is 11.1 Å². The van der Waals surface area contributed by atoms with Crippen molar-refractivity contribution in [3.8, 4) is 0 Å². The average molecular weight is 366 g/mol. The molecule has 0 saturated heterocycles. The summed E-state index contributed by atoms with van der Waals surface area (Å²) in [5, 5.41) is 10.4. The highest BCUT2D eigenvalue weighted by Gasteiger charge is 1.97. The molecule has 0 aliphatic heterocycles. The molecule has 3 aromatic carbocycles. The van der Waals surface area contributed by atoms with Gasteiger partial charge in [0.1, 0.15) is 0 Å². The van der Waals surface area contributed by atoms with Crippen LogP contribution in [-0.2, 0) is 12.8 Å². The molecule has 3 rings (SSSR count). The predicted molar refractivity (Wildman–Crippen MR) is 121 cm³/mol. The lowest BCUT2D eigenvalue weighted by Gasteiger charge is -2.07. The van der Waals surface area contributed by atoms with E-state index in [9.17, 15) is 0 Å². The molecular weight excluding hydrogens is 330 g/mol. The van der Waals surface area contributed by atoms with E-state index in [-0.39, 0.29) is 0 Å². The van der Waals surface area contributed by atoms with Gasteiger partial charge in [0.05, 0.1) is 0 Å².